The normalized spacial score (nSPS) is 26.0. The molecule has 1 aliphatic rings. The minimum absolute atomic E-state index is 0.00889. The number of nitrogens with zero attached hydrogens (tertiary/aromatic N) is 1. The van der Waals surface area contributed by atoms with Crippen molar-refractivity contribution in [2.75, 3.05) is 26.3 Å². The van der Waals surface area contributed by atoms with E-state index in [4.69, 9.17) is 0 Å². The molecule has 0 aromatic heterocycles. The smallest absolute Gasteiger partial charge is 0.132 e. The molecule has 0 aliphatic carbocycles. The molecule has 0 radical (unpaired) electrons. The molecular formula is C12H26N2O. The minimum Gasteiger partial charge on any atom is -0.632 e. The molecule has 0 aromatic rings. The zero-order valence-corrected chi connectivity index (χ0v) is 10.1. The molecule has 0 aromatic carbocycles. The third-order valence-electron chi connectivity index (χ3n) is 3.27. The Morgan fingerprint density at radius 1 is 1.07 bits per heavy atom. The largest absolute Gasteiger partial charge is 0.632 e. The van der Waals surface area contributed by atoms with Crippen molar-refractivity contribution in [3.8, 4) is 0 Å². The zero-order valence-electron chi connectivity index (χ0n) is 10.1. The van der Waals surface area contributed by atoms with Gasteiger partial charge in [-0.15, -0.1) is 0 Å². The lowest BCUT2D eigenvalue weighted by molar-refractivity contribution is -0.869. The second-order valence-electron chi connectivity index (χ2n) is 4.78. The van der Waals surface area contributed by atoms with Gasteiger partial charge in [0.15, 0.2) is 0 Å². The topological polar surface area (TPSA) is 35.1 Å². The lowest BCUT2D eigenvalue weighted by atomic mass is 10.1. The molecule has 0 spiro atoms. The predicted octanol–water partition coefficient (Wildman–Crippen LogP) is 2.61. The molecule has 1 aliphatic heterocycles. The molecule has 1 unspecified atom stereocenters. The molecule has 1 fully saturated rings. The van der Waals surface area contributed by atoms with Crippen LogP contribution in [0.25, 0.3) is 0 Å². The summed E-state index contributed by atoms with van der Waals surface area (Å²) in [4.78, 5) is 0. The van der Waals surface area contributed by atoms with Crippen molar-refractivity contribution in [1.29, 1.82) is 0 Å². The van der Waals surface area contributed by atoms with Gasteiger partial charge in [0.1, 0.15) is 6.67 Å². The number of hydrogen-bond donors (Lipinski definition) is 1. The number of hydrogen-bond acceptors (Lipinski definition) is 2. The first-order valence-electron chi connectivity index (χ1n) is 6.55. The Hall–Kier alpha value is -0.120. The molecule has 0 saturated carbocycles. The average molecular weight is 214 g/mol. The van der Waals surface area contributed by atoms with Gasteiger partial charge in [0.05, 0.1) is 19.6 Å². The van der Waals surface area contributed by atoms with Crippen LogP contribution in [0, 0.1) is 5.21 Å². The molecule has 0 amide bonds. The maximum absolute atomic E-state index is 11.9. The first-order chi connectivity index (χ1) is 7.27. The van der Waals surface area contributed by atoms with E-state index in [0.717, 1.165) is 26.1 Å². The summed E-state index contributed by atoms with van der Waals surface area (Å²) in [7, 11) is 0. The fourth-order valence-corrected chi connectivity index (χ4v) is 2.19. The molecule has 15 heavy (non-hydrogen) atoms. The van der Waals surface area contributed by atoms with Crippen LogP contribution < -0.4 is 5.32 Å². The van der Waals surface area contributed by atoms with E-state index in [1.807, 2.05) is 0 Å². The Labute approximate surface area is 94.0 Å². The molecule has 1 rings (SSSR count). The molecule has 3 heteroatoms. The summed E-state index contributed by atoms with van der Waals surface area (Å²) in [5, 5.41) is 15.1. The summed E-state index contributed by atoms with van der Waals surface area (Å²) in [6.07, 6.45) is 9.06. The number of rotatable bonds is 8. The number of nitrogens with one attached hydrogen (secondary N) is 1. The number of unbranched alkanes of at least 4 members (excludes halogenated alkanes) is 6. The second kappa shape index (κ2) is 7.20. The van der Waals surface area contributed by atoms with Crippen LogP contribution in [0.15, 0.2) is 0 Å². The van der Waals surface area contributed by atoms with Crippen LogP contribution in [0.1, 0.15) is 51.9 Å². The Bertz CT molecular complexity index is 156. The van der Waals surface area contributed by atoms with E-state index in [0.29, 0.717) is 6.67 Å². The quantitative estimate of drug-likeness (QED) is 0.383. The van der Waals surface area contributed by atoms with Gasteiger partial charge in [-0.2, -0.15) is 0 Å². The Morgan fingerprint density at radius 3 is 2.33 bits per heavy atom. The van der Waals surface area contributed by atoms with Crippen molar-refractivity contribution in [3.05, 3.63) is 5.21 Å². The highest BCUT2D eigenvalue weighted by molar-refractivity contribution is 4.55. The molecule has 1 atom stereocenters. The molecule has 1 saturated heterocycles. The van der Waals surface area contributed by atoms with Crippen molar-refractivity contribution >= 4 is 0 Å². The highest BCUT2D eigenvalue weighted by Crippen LogP contribution is 2.12. The minimum atomic E-state index is 0.00889. The van der Waals surface area contributed by atoms with Crippen LogP contribution in [0.5, 0.6) is 0 Å². The van der Waals surface area contributed by atoms with Crippen LogP contribution in [-0.2, 0) is 0 Å². The predicted molar refractivity (Wildman–Crippen MR) is 64.2 cm³/mol. The summed E-state index contributed by atoms with van der Waals surface area (Å²) < 4.78 is 0.00889. The summed E-state index contributed by atoms with van der Waals surface area (Å²) in [5.74, 6) is 0. The fourth-order valence-electron chi connectivity index (χ4n) is 2.19. The first-order valence-corrected chi connectivity index (χ1v) is 6.55. The van der Waals surface area contributed by atoms with Crippen molar-refractivity contribution in [2.24, 2.45) is 0 Å². The highest BCUT2D eigenvalue weighted by Gasteiger charge is 2.20. The summed E-state index contributed by atoms with van der Waals surface area (Å²) in [5.41, 5.74) is 0. The standard InChI is InChI=1S/C12H26N2O/c1-2-3-4-5-6-7-8-10-14(15)11-9-13-12-14/h13H,2-12H2,1H3. The first kappa shape index (κ1) is 12.9. The van der Waals surface area contributed by atoms with E-state index >= 15 is 0 Å². The van der Waals surface area contributed by atoms with Crippen LogP contribution in [0.4, 0.5) is 0 Å². The Balaban J connectivity index is 1.88. The fraction of sp³-hybridized carbons (Fsp3) is 1.00. The van der Waals surface area contributed by atoms with Crippen LogP contribution >= 0.6 is 0 Å². The van der Waals surface area contributed by atoms with E-state index in [1.165, 1.54) is 38.5 Å². The van der Waals surface area contributed by atoms with E-state index in [1.54, 1.807) is 0 Å². The van der Waals surface area contributed by atoms with Crippen molar-refractivity contribution in [1.82, 2.24) is 5.32 Å². The molecule has 90 valence electrons. The van der Waals surface area contributed by atoms with Crippen molar-refractivity contribution in [2.45, 2.75) is 51.9 Å². The summed E-state index contributed by atoms with van der Waals surface area (Å²) in [6.45, 7) is 5.37. The van der Waals surface area contributed by atoms with E-state index < -0.39 is 0 Å². The SMILES string of the molecule is CCCCCCCCC[N+]1([O-])CCNC1. The van der Waals surface area contributed by atoms with E-state index in [-0.39, 0.29) is 4.65 Å². The van der Waals surface area contributed by atoms with Gasteiger partial charge >= 0.3 is 0 Å². The summed E-state index contributed by atoms with van der Waals surface area (Å²) in [6, 6.07) is 0. The van der Waals surface area contributed by atoms with E-state index in [2.05, 4.69) is 12.2 Å². The maximum atomic E-state index is 11.9. The molecule has 1 N–H and O–H groups in total. The van der Waals surface area contributed by atoms with Gasteiger partial charge < -0.3 is 9.85 Å². The van der Waals surface area contributed by atoms with E-state index in [9.17, 15) is 5.21 Å². The molecule has 3 nitrogen and oxygen atoms in total. The Kier molecular flexibility index (Phi) is 6.22. The van der Waals surface area contributed by atoms with Gasteiger partial charge in [-0.1, -0.05) is 39.0 Å². The van der Waals surface area contributed by atoms with Gasteiger partial charge in [0.2, 0.25) is 0 Å². The van der Waals surface area contributed by atoms with Gasteiger partial charge in [-0.05, 0) is 12.8 Å². The molecular weight excluding hydrogens is 188 g/mol. The molecule has 0 bridgehead atoms. The number of quaternary nitrogens is 1. The molecule has 1 heterocycles. The van der Waals surface area contributed by atoms with Crippen LogP contribution in [0.2, 0.25) is 0 Å². The number of hydroxylamine groups is 3. The zero-order chi connectivity index (χ0) is 11.0. The van der Waals surface area contributed by atoms with Gasteiger partial charge in [-0.25, -0.2) is 0 Å². The summed E-state index contributed by atoms with van der Waals surface area (Å²) >= 11 is 0. The van der Waals surface area contributed by atoms with Gasteiger partial charge in [0.25, 0.3) is 0 Å². The van der Waals surface area contributed by atoms with Crippen molar-refractivity contribution < 1.29 is 4.65 Å². The third-order valence-corrected chi connectivity index (χ3v) is 3.27. The van der Waals surface area contributed by atoms with Gasteiger partial charge in [0, 0.05) is 0 Å². The lowest BCUT2D eigenvalue weighted by Gasteiger charge is -2.37. The van der Waals surface area contributed by atoms with Crippen LogP contribution in [0.3, 0.4) is 0 Å². The van der Waals surface area contributed by atoms with Gasteiger partial charge in [-0.3, -0.25) is 5.32 Å². The highest BCUT2D eigenvalue weighted by atomic mass is 16.5. The maximum Gasteiger partial charge on any atom is 0.132 e. The lowest BCUT2D eigenvalue weighted by Crippen LogP contribution is -2.41. The van der Waals surface area contributed by atoms with Crippen LogP contribution in [-0.4, -0.2) is 30.9 Å². The Morgan fingerprint density at radius 2 is 1.73 bits per heavy atom. The monoisotopic (exact) mass is 214 g/mol. The average Bonchev–Trinajstić information content (AvgIpc) is 2.64. The second-order valence-corrected chi connectivity index (χ2v) is 4.78. The third kappa shape index (κ3) is 5.50. The van der Waals surface area contributed by atoms with Crippen molar-refractivity contribution in [3.63, 3.8) is 0 Å².